The highest BCUT2D eigenvalue weighted by molar-refractivity contribution is 7.99. The van der Waals surface area contributed by atoms with Crippen LogP contribution < -0.4 is 10.2 Å². The van der Waals surface area contributed by atoms with Crippen molar-refractivity contribution in [2.45, 2.75) is 18.9 Å². The minimum atomic E-state index is -0.396. The molecule has 1 saturated heterocycles. The molecule has 0 unspecified atom stereocenters. The Bertz CT molecular complexity index is 959. The molecule has 1 atom stereocenters. The summed E-state index contributed by atoms with van der Waals surface area (Å²) in [5, 5.41) is 12.2. The third-order valence-corrected chi connectivity index (χ3v) is 6.10. The van der Waals surface area contributed by atoms with Crippen LogP contribution in [0.1, 0.15) is 23.1 Å². The summed E-state index contributed by atoms with van der Waals surface area (Å²) in [6.07, 6.45) is 0.831. The highest BCUT2D eigenvalue weighted by Crippen LogP contribution is 2.23. The Morgan fingerprint density at radius 2 is 1.80 bits per heavy atom. The molecule has 156 valence electrons. The minimum absolute atomic E-state index is 0.104. The van der Waals surface area contributed by atoms with Crippen molar-refractivity contribution in [3.63, 3.8) is 0 Å². The molecule has 0 spiro atoms. The van der Waals surface area contributed by atoms with Gasteiger partial charge < -0.3 is 14.6 Å². The lowest BCUT2D eigenvalue weighted by atomic mass is 10.1. The van der Waals surface area contributed by atoms with Crippen molar-refractivity contribution in [3.8, 4) is 0 Å². The van der Waals surface area contributed by atoms with Crippen molar-refractivity contribution < 1.29 is 9.21 Å². The van der Waals surface area contributed by atoms with Crippen LogP contribution in [0.4, 0.5) is 6.01 Å². The number of aromatic nitrogens is 2. The second kappa shape index (κ2) is 10.00. The number of benzene rings is 2. The Morgan fingerprint density at radius 3 is 2.53 bits per heavy atom. The molecule has 4 rings (SSSR count). The first-order valence-electron chi connectivity index (χ1n) is 9.91. The molecule has 0 bridgehead atoms. The SMILES string of the molecule is O=C(Cc1ccc(Cl)cc1)N[C@@H](Cc1ccccc1)c1nnc(N2CCSCC2)o1. The average Bonchev–Trinajstić information content (AvgIpc) is 3.27. The van der Waals surface area contributed by atoms with Gasteiger partial charge in [-0.1, -0.05) is 59.2 Å². The fourth-order valence-corrected chi connectivity index (χ4v) is 4.36. The number of anilines is 1. The largest absolute Gasteiger partial charge is 0.406 e. The second-order valence-corrected chi connectivity index (χ2v) is 8.80. The predicted molar refractivity (Wildman–Crippen MR) is 120 cm³/mol. The number of hydrogen-bond donors (Lipinski definition) is 1. The van der Waals surface area contributed by atoms with E-state index in [1.54, 1.807) is 12.1 Å². The Labute approximate surface area is 185 Å². The van der Waals surface area contributed by atoms with Gasteiger partial charge in [0, 0.05) is 36.0 Å². The van der Waals surface area contributed by atoms with Gasteiger partial charge in [-0.15, -0.1) is 5.10 Å². The van der Waals surface area contributed by atoms with Gasteiger partial charge in [0.25, 0.3) is 0 Å². The predicted octanol–water partition coefficient (Wildman–Crippen LogP) is 3.92. The van der Waals surface area contributed by atoms with Gasteiger partial charge in [0.1, 0.15) is 6.04 Å². The Balaban J connectivity index is 1.49. The zero-order chi connectivity index (χ0) is 20.8. The number of rotatable bonds is 7. The van der Waals surface area contributed by atoms with Gasteiger partial charge in [0.2, 0.25) is 11.8 Å². The van der Waals surface area contributed by atoms with Crippen molar-refractivity contribution in [1.82, 2.24) is 15.5 Å². The van der Waals surface area contributed by atoms with Crippen molar-refractivity contribution in [1.29, 1.82) is 0 Å². The number of hydrogen-bond acceptors (Lipinski definition) is 6. The molecule has 2 aromatic carbocycles. The average molecular weight is 443 g/mol. The molecule has 1 aromatic heterocycles. The Hall–Kier alpha value is -2.51. The number of nitrogens with one attached hydrogen (secondary N) is 1. The molecule has 0 saturated carbocycles. The van der Waals surface area contributed by atoms with Crippen LogP contribution in [0, 0.1) is 0 Å². The minimum Gasteiger partial charge on any atom is -0.406 e. The molecular formula is C22H23ClN4O2S. The standard InChI is InChI=1S/C22H23ClN4O2S/c23-18-8-6-17(7-9-18)15-20(28)24-19(14-16-4-2-1-3-5-16)21-25-26-22(29-21)27-10-12-30-13-11-27/h1-9,19H,10-15H2,(H,24,28)/t19-/m0/s1. The quantitative estimate of drug-likeness (QED) is 0.598. The van der Waals surface area contributed by atoms with E-state index in [1.807, 2.05) is 54.2 Å². The van der Waals surface area contributed by atoms with E-state index in [0.717, 1.165) is 35.7 Å². The smallest absolute Gasteiger partial charge is 0.318 e. The van der Waals surface area contributed by atoms with Crippen LogP contribution in [0.5, 0.6) is 0 Å². The van der Waals surface area contributed by atoms with Crippen LogP contribution in [0.15, 0.2) is 59.0 Å². The third-order valence-electron chi connectivity index (χ3n) is 4.91. The summed E-state index contributed by atoms with van der Waals surface area (Å²) >= 11 is 7.86. The fraction of sp³-hybridized carbons (Fsp3) is 0.318. The van der Waals surface area contributed by atoms with E-state index >= 15 is 0 Å². The van der Waals surface area contributed by atoms with Gasteiger partial charge in [-0.3, -0.25) is 4.79 Å². The van der Waals surface area contributed by atoms with Crippen LogP contribution in [-0.2, 0) is 17.6 Å². The Morgan fingerprint density at radius 1 is 1.07 bits per heavy atom. The highest BCUT2D eigenvalue weighted by Gasteiger charge is 2.24. The molecule has 30 heavy (non-hydrogen) atoms. The monoisotopic (exact) mass is 442 g/mol. The molecule has 1 N–H and O–H groups in total. The lowest BCUT2D eigenvalue weighted by Crippen LogP contribution is -2.32. The van der Waals surface area contributed by atoms with Gasteiger partial charge in [-0.2, -0.15) is 11.8 Å². The van der Waals surface area contributed by atoms with Gasteiger partial charge in [0.15, 0.2) is 0 Å². The van der Waals surface area contributed by atoms with Gasteiger partial charge in [-0.05, 0) is 23.3 Å². The molecule has 2 heterocycles. The van der Waals surface area contributed by atoms with Crippen LogP contribution in [0.3, 0.4) is 0 Å². The summed E-state index contributed by atoms with van der Waals surface area (Å²) in [4.78, 5) is 14.8. The van der Waals surface area contributed by atoms with Gasteiger partial charge in [0.05, 0.1) is 6.42 Å². The number of nitrogens with zero attached hydrogens (tertiary/aromatic N) is 3. The molecule has 0 aliphatic carbocycles. The topological polar surface area (TPSA) is 71.3 Å². The molecule has 1 aliphatic heterocycles. The van der Waals surface area contributed by atoms with E-state index in [0.29, 0.717) is 23.3 Å². The van der Waals surface area contributed by atoms with Gasteiger partial charge in [-0.25, -0.2) is 0 Å². The van der Waals surface area contributed by atoms with Crippen molar-refractivity contribution in [2.75, 3.05) is 29.5 Å². The first-order valence-corrected chi connectivity index (χ1v) is 11.4. The normalized spacial score (nSPS) is 15.0. The zero-order valence-corrected chi connectivity index (χ0v) is 18.0. The molecule has 1 amide bonds. The third kappa shape index (κ3) is 5.55. The first kappa shape index (κ1) is 20.8. The van der Waals surface area contributed by atoms with E-state index in [2.05, 4.69) is 20.4 Å². The zero-order valence-electron chi connectivity index (χ0n) is 16.5. The van der Waals surface area contributed by atoms with Crippen molar-refractivity contribution in [3.05, 3.63) is 76.6 Å². The lowest BCUT2D eigenvalue weighted by molar-refractivity contribution is -0.121. The molecular weight excluding hydrogens is 420 g/mol. The number of amides is 1. The lowest BCUT2D eigenvalue weighted by Gasteiger charge is -2.24. The maximum atomic E-state index is 12.7. The van der Waals surface area contributed by atoms with Crippen LogP contribution in [0.2, 0.25) is 5.02 Å². The molecule has 6 nitrogen and oxygen atoms in total. The highest BCUT2D eigenvalue weighted by atomic mass is 35.5. The summed E-state index contributed by atoms with van der Waals surface area (Å²) in [7, 11) is 0. The number of carbonyl (C=O) groups excluding carboxylic acids is 1. The molecule has 3 aromatic rings. The maximum Gasteiger partial charge on any atom is 0.318 e. The summed E-state index contributed by atoms with van der Waals surface area (Å²) in [6.45, 7) is 1.77. The Kier molecular flexibility index (Phi) is 6.92. The maximum absolute atomic E-state index is 12.7. The number of halogens is 1. The van der Waals surface area contributed by atoms with Gasteiger partial charge >= 0.3 is 6.01 Å². The van der Waals surface area contributed by atoms with Crippen molar-refractivity contribution in [2.24, 2.45) is 0 Å². The number of carbonyl (C=O) groups is 1. The molecule has 1 fully saturated rings. The van der Waals surface area contributed by atoms with E-state index in [9.17, 15) is 4.79 Å². The summed E-state index contributed by atoms with van der Waals surface area (Å²) in [5.41, 5.74) is 1.98. The van der Waals surface area contributed by atoms with Crippen LogP contribution >= 0.6 is 23.4 Å². The van der Waals surface area contributed by atoms with Crippen LogP contribution in [0.25, 0.3) is 0 Å². The first-order chi connectivity index (χ1) is 14.7. The van der Waals surface area contributed by atoms with E-state index in [-0.39, 0.29) is 12.3 Å². The molecule has 0 radical (unpaired) electrons. The number of thioether (sulfide) groups is 1. The van der Waals surface area contributed by atoms with E-state index < -0.39 is 6.04 Å². The van der Waals surface area contributed by atoms with E-state index in [1.165, 1.54) is 0 Å². The molecule has 1 aliphatic rings. The summed E-state index contributed by atoms with van der Waals surface area (Å²) in [5.74, 6) is 2.41. The molecule has 8 heteroatoms. The summed E-state index contributed by atoms with van der Waals surface area (Å²) in [6, 6.07) is 17.4. The van der Waals surface area contributed by atoms with E-state index in [4.69, 9.17) is 16.0 Å². The van der Waals surface area contributed by atoms with Crippen molar-refractivity contribution >= 4 is 35.3 Å². The van der Waals surface area contributed by atoms with Crippen LogP contribution in [-0.4, -0.2) is 40.7 Å². The summed E-state index contributed by atoms with van der Waals surface area (Å²) < 4.78 is 5.99. The second-order valence-electron chi connectivity index (χ2n) is 7.14. The fourth-order valence-electron chi connectivity index (χ4n) is 3.33.